The Hall–Kier alpha value is -0.410. The van der Waals surface area contributed by atoms with Crippen LogP contribution in [0.2, 0.25) is 0 Å². The molecule has 1 aromatic heterocycles. The van der Waals surface area contributed by atoms with Crippen LogP contribution in [0, 0.1) is 0 Å². The van der Waals surface area contributed by atoms with Gasteiger partial charge in [-0.15, -0.1) is 11.3 Å². The van der Waals surface area contributed by atoms with Crippen molar-refractivity contribution in [3.8, 4) is 0 Å². The van der Waals surface area contributed by atoms with Gasteiger partial charge in [-0.25, -0.2) is 4.98 Å². The zero-order valence-corrected chi connectivity index (χ0v) is 11.6. The lowest BCUT2D eigenvalue weighted by Gasteiger charge is -2.24. The van der Waals surface area contributed by atoms with Crippen LogP contribution in [0.15, 0.2) is 0 Å². The van der Waals surface area contributed by atoms with E-state index in [1.54, 1.807) is 0 Å². The molecule has 0 bridgehead atoms. The van der Waals surface area contributed by atoms with Crippen LogP contribution in [0.3, 0.4) is 0 Å². The van der Waals surface area contributed by atoms with Gasteiger partial charge in [0.05, 0.1) is 11.2 Å². The predicted molar refractivity (Wildman–Crippen MR) is 69.9 cm³/mol. The summed E-state index contributed by atoms with van der Waals surface area (Å²) in [6, 6.07) is 0. The molecule has 0 spiro atoms. The van der Waals surface area contributed by atoms with Crippen LogP contribution in [0.5, 0.6) is 0 Å². The van der Waals surface area contributed by atoms with E-state index in [1.165, 1.54) is 23.4 Å². The highest BCUT2D eigenvalue weighted by Gasteiger charge is 2.37. The van der Waals surface area contributed by atoms with Gasteiger partial charge in [-0.05, 0) is 25.7 Å². The molecule has 3 heteroatoms. The summed E-state index contributed by atoms with van der Waals surface area (Å²) >= 11 is 1.84. The Kier molecular flexibility index (Phi) is 2.87. The van der Waals surface area contributed by atoms with Crippen LogP contribution in [0.1, 0.15) is 62.5 Å². The van der Waals surface area contributed by atoms with Gasteiger partial charge in [-0.3, -0.25) is 0 Å². The lowest BCUT2D eigenvalue weighted by atomic mass is 9.90. The average molecular weight is 238 g/mol. The zero-order valence-electron chi connectivity index (χ0n) is 10.8. The Labute approximate surface area is 102 Å². The Bertz CT molecular complexity index is 389. The summed E-state index contributed by atoms with van der Waals surface area (Å²) < 4.78 is 0. The highest BCUT2D eigenvalue weighted by atomic mass is 32.1. The number of nitrogens with zero attached hydrogens (tertiary/aromatic N) is 1. The summed E-state index contributed by atoms with van der Waals surface area (Å²) in [5.41, 5.74) is 7.78. The Morgan fingerprint density at radius 1 is 1.38 bits per heavy atom. The molecule has 0 saturated heterocycles. The number of nitrogens with two attached hydrogens (primary N) is 1. The third kappa shape index (κ3) is 1.70. The standard InChI is InChI=1S/C13H22N2S/c1-5-13(14,6-2)11-15-10-9(16-11)7-8-12(10,3)4/h5-8,14H2,1-4H3. The number of hydrogen-bond donors (Lipinski definition) is 1. The van der Waals surface area contributed by atoms with Gasteiger partial charge in [-0.1, -0.05) is 27.7 Å². The van der Waals surface area contributed by atoms with Gasteiger partial charge in [0, 0.05) is 10.3 Å². The number of fused-ring (bicyclic) bond motifs is 1. The third-order valence-electron chi connectivity index (χ3n) is 4.00. The predicted octanol–water partition coefficient (Wildman–Crippen LogP) is 3.34. The van der Waals surface area contributed by atoms with Crippen LogP contribution in [-0.2, 0) is 17.4 Å². The highest BCUT2D eigenvalue weighted by molar-refractivity contribution is 7.12. The molecule has 0 atom stereocenters. The molecule has 1 aromatic rings. The topological polar surface area (TPSA) is 38.9 Å². The molecule has 1 aliphatic rings. The number of hydrogen-bond acceptors (Lipinski definition) is 3. The fraction of sp³-hybridized carbons (Fsp3) is 0.769. The second-order valence-electron chi connectivity index (χ2n) is 5.54. The van der Waals surface area contributed by atoms with Gasteiger partial charge in [0.15, 0.2) is 0 Å². The maximum absolute atomic E-state index is 6.42. The third-order valence-corrected chi connectivity index (χ3v) is 5.34. The SMILES string of the molecule is CCC(N)(CC)c1nc2c(s1)CCC2(C)C. The van der Waals surface area contributed by atoms with Crippen LogP contribution in [-0.4, -0.2) is 4.98 Å². The fourth-order valence-corrected chi connectivity index (χ4v) is 3.84. The van der Waals surface area contributed by atoms with E-state index in [9.17, 15) is 0 Å². The first kappa shape index (κ1) is 12.1. The minimum Gasteiger partial charge on any atom is -0.319 e. The minimum atomic E-state index is -0.203. The molecule has 2 rings (SSSR count). The van der Waals surface area contributed by atoms with Crippen molar-refractivity contribution in [3.63, 3.8) is 0 Å². The molecular formula is C13H22N2S. The van der Waals surface area contributed by atoms with E-state index in [-0.39, 0.29) is 11.0 Å². The van der Waals surface area contributed by atoms with Crippen molar-refractivity contribution < 1.29 is 0 Å². The van der Waals surface area contributed by atoms with Crippen molar-refractivity contribution in [1.29, 1.82) is 0 Å². The normalized spacial score (nSPS) is 18.8. The van der Waals surface area contributed by atoms with Crippen LogP contribution in [0.4, 0.5) is 0 Å². The molecule has 90 valence electrons. The molecule has 0 aliphatic heterocycles. The second-order valence-corrected chi connectivity index (χ2v) is 6.62. The Balaban J connectivity index is 2.41. The molecule has 16 heavy (non-hydrogen) atoms. The number of thiazole rings is 1. The van der Waals surface area contributed by atoms with Crippen molar-refractivity contribution in [2.45, 2.75) is 64.3 Å². The van der Waals surface area contributed by atoms with Gasteiger partial charge in [0.2, 0.25) is 0 Å². The summed E-state index contributed by atoms with van der Waals surface area (Å²) in [6.45, 7) is 8.89. The highest BCUT2D eigenvalue weighted by Crippen LogP contribution is 2.43. The van der Waals surface area contributed by atoms with E-state index in [0.29, 0.717) is 0 Å². The van der Waals surface area contributed by atoms with Gasteiger partial charge in [-0.2, -0.15) is 0 Å². The lowest BCUT2D eigenvalue weighted by Crippen LogP contribution is -2.35. The number of rotatable bonds is 3. The Morgan fingerprint density at radius 3 is 2.50 bits per heavy atom. The van der Waals surface area contributed by atoms with Gasteiger partial charge >= 0.3 is 0 Å². The van der Waals surface area contributed by atoms with E-state index >= 15 is 0 Å². The van der Waals surface area contributed by atoms with E-state index in [4.69, 9.17) is 10.7 Å². The molecule has 0 saturated carbocycles. The molecule has 0 radical (unpaired) electrons. The van der Waals surface area contributed by atoms with Crippen molar-refractivity contribution in [3.05, 3.63) is 15.6 Å². The van der Waals surface area contributed by atoms with E-state index in [1.807, 2.05) is 11.3 Å². The monoisotopic (exact) mass is 238 g/mol. The minimum absolute atomic E-state index is 0.203. The van der Waals surface area contributed by atoms with Crippen molar-refractivity contribution in [1.82, 2.24) is 4.98 Å². The van der Waals surface area contributed by atoms with Gasteiger partial charge < -0.3 is 5.73 Å². The van der Waals surface area contributed by atoms with E-state index in [0.717, 1.165) is 17.8 Å². The van der Waals surface area contributed by atoms with Crippen LogP contribution in [0.25, 0.3) is 0 Å². The molecule has 2 nitrogen and oxygen atoms in total. The molecule has 0 amide bonds. The van der Waals surface area contributed by atoms with E-state index in [2.05, 4.69) is 27.7 Å². The first-order valence-corrected chi connectivity index (χ1v) is 7.04. The largest absolute Gasteiger partial charge is 0.319 e. The summed E-state index contributed by atoms with van der Waals surface area (Å²) in [5, 5.41) is 1.15. The molecule has 1 heterocycles. The van der Waals surface area contributed by atoms with Crippen LogP contribution < -0.4 is 5.73 Å². The first-order valence-electron chi connectivity index (χ1n) is 6.22. The molecule has 2 N–H and O–H groups in total. The summed E-state index contributed by atoms with van der Waals surface area (Å²) in [6.07, 6.45) is 4.35. The summed E-state index contributed by atoms with van der Waals surface area (Å²) in [5.74, 6) is 0. The average Bonchev–Trinajstić information content (AvgIpc) is 2.80. The molecule has 0 fully saturated rings. The van der Waals surface area contributed by atoms with Gasteiger partial charge in [0.25, 0.3) is 0 Å². The summed E-state index contributed by atoms with van der Waals surface area (Å²) in [7, 11) is 0. The zero-order chi connectivity index (χ0) is 12.0. The van der Waals surface area contributed by atoms with Crippen LogP contribution >= 0.6 is 11.3 Å². The van der Waals surface area contributed by atoms with Crippen molar-refractivity contribution >= 4 is 11.3 Å². The summed E-state index contributed by atoms with van der Waals surface area (Å²) in [4.78, 5) is 6.32. The molecule has 0 unspecified atom stereocenters. The first-order chi connectivity index (χ1) is 7.43. The van der Waals surface area contributed by atoms with E-state index < -0.39 is 0 Å². The maximum atomic E-state index is 6.42. The Morgan fingerprint density at radius 2 is 2.00 bits per heavy atom. The van der Waals surface area contributed by atoms with Crippen molar-refractivity contribution in [2.75, 3.05) is 0 Å². The molecule has 0 aromatic carbocycles. The fourth-order valence-electron chi connectivity index (χ4n) is 2.36. The van der Waals surface area contributed by atoms with Crippen molar-refractivity contribution in [2.24, 2.45) is 5.73 Å². The van der Waals surface area contributed by atoms with Gasteiger partial charge in [0.1, 0.15) is 5.01 Å². The number of aryl methyl sites for hydroxylation is 1. The quantitative estimate of drug-likeness (QED) is 0.877. The lowest BCUT2D eigenvalue weighted by molar-refractivity contribution is 0.406. The number of aromatic nitrogens is 1. The smallest absolute Gasteiger partial charge is 0.113 e. The molecular weight excluding hydrogens is 216 g/mol. The maximum Gasteiger partial charge on any atom is 0.113 e. The molecule has 1 aliphatic carbocycles. The second kappa shape index (κ2) is 3.81.